The maximum absolute atomic E-state index is 12.8. The second-order valence-electron chi connectivity index (χ2n) is 6.17. The van der Waals surface area contributed by atoms with Crippen LogP contribution in [0.5, 0.6) is 0 Å². The van der Waals surface area contributed by atoms with Gasteiger partial charge in [-0.15, -0.1) is 11.3 Å². The summed E-state index contributed by atoms with van der Waals surface area (Å²) in [4.78, 5) is 30.1. The van der Waals surface area contributed by atoms with Gasteiger partial charge in [-0.2, -0.15) is 0 Å². The monoisotopic (exact) mass is 387 g/mol. The first kappa shape index (κ1) is 17.9. The van der Waals surface area contributed by atoms with Crippen molar-refractivity contribution in [2.24, 2.45) is 0 Å². The third kappa shape index (κ3) is 3.77. The molecule has 4 rings (SSSR count). The summed E-state index contributed by atoms with van der Waals surface area (Å²) in [7, 11) is 0. The van der Waals surface area contributed by atoms with Gasteiger partial charge in [-0.1, -0.05) is 48.5 Å². The molecule has 2 aromatic carbocycles. The van der Waals surface area contributed by atoms with Gasteiger partial charge in [-0.3, -0.25) is 14.6 Å². The third-order valence-corrected chi connectivity index (χ3v) is 5.21. The Hall–Kier alpha value is -3.51. The van der Waals surface area contributed by atoms with Crippen LogP contribution in [0, 0.1) is 0 Å². The molecule has 6 heteroatoms. The van der Waals surface area contributed by atoms with Gasteiger partial charge in [-0.25, -0.2) is 0 Å². The molecule has 4 aromatic rings. The Labute approximate surface area is 166 Å². The molecular formula is C22H17N3O2S. The van der Waals surface area contributed by atoms with Crippen LogP contribution in [0.1, 0.15) is 25.6 Å². The molecule has 0 spiro atoms. The zero-order chi connectivity index (χ0) is 19.3. The molecule has 0 atom stereocenters. The predicted octanol–water partition coefficient (Wildman–Crippen LogP) is 4.48. The average Bonchev–Trinajstić information content (AvgIpc) is 3.23. The van der Waals surface area contributed by atoms with Gasteiger partial charge in [0.05, 0.1) is 16.8 Å². The van der Waals surface area contributed by atoms with E-state index >= 15 is 0 Å². The van der Waals surface area contributed by atoms with Crippen molar-refractivity contribution >= 4 is 39.7 Å². The zero-order valence-corrected chi connectivity index (χ0v) is 15.7. The third-order valence-electron chi connectivity index (χ3n) is 4.29. The number of pyridine rings is 1. The fourth-order valence-electron chi connectivity index (χ4n) is 2.92. The molecule has 0 saturated heterocycles. The van der Waals surface area contributed by atoms with Gasteiger partial charge in [0.1, 0.15) is 4.88 Å². The lowest BCUT2D eigenvalue weighted by molar-refractivity contribution is 0.0940. The number of hydrogen-bond acceptors (Lipinski definition) is 4. The number of hydrogen-bond donors (Lipinski definition) is 2. The van der Waals surface area contributed by atoms with E-state index in [-0.39, 0.29) is 11.8 Å². The Kier molecular flexibility index (Phi) is 5.12. The Morgan fingerprint density at radius 1 is 0.893 bits per heavy atom. The summed E-state index contributed by atoms with van der Waals surface area (Å²) in [6, 6.07) is 20.7. The number of thiophene rings is 1. The number of benzene rings is 2. The highest BCUT2D eigenvalue weighted by atomic mass is 32.1. The maximum atomic E-state index is 12.8. The molecule has 5 nitrogen and oxygen atoms in total. The number of carbonyl (C=O) groups excluding carboxylic acids is 2. The highest BCUT2D eigenvalue weighted by Gasteiger charge is 2.19. The molecule has 0 bridgehead atoms. The van der Waals surface area contributed by atoms with Crippen molar-refractivity contribution in [3.8, 4) is 0 Å². The molecule has 2 N–H and O–H groups in total. The van der Waals surface area contributed by atoms with E-state index in [4.69, 9.17) is 0 Å². The minimum atomic E-state index is -0.321. The number of aromatic nitrogens is 1. The summed E-state index contributed by atoms with van der Waals surface area (Å²) in [5, 5.41) is 8.43. The standard InChI is InChI=1S/C22H17N3O2S/c26-21(24-14-15-6-2-1-3-7-15)17-11-13-28-20(17)22(27)25-18-10-4-8-16-9-5-12-23-19(16)18/h1-13H,14H2,(H,24,26)(H,25,27). The highest BCUT2D eigenvalue weighted by molar-refractivity contribution is 7.12. The van der Waals surface area contributed by atoms with E-state index in [0.717, 1.165) is 10.9 Å². The van der Waals surface area contributed by atoms with Gasteiger partial charge in [-0.05, 0) is 29.1 Å². The number of carbonyl (C=O) groups is 2. The molecule has 2 aromatic heterocycles. The Balaban J connectivity index is 1.51. The maximum Gasteiger partial charge on any atom is 0.266 e. The Morgan fingerprint density at radius 2 is 1.71 bits per heavy atom. The first-order valence-electron chi connectivity index (χ1n) is 8.77. The second-order valence-corrected chi connectivity index (χ2v) is 7.08. The normalized spacial score (nSPS) is 10.6. The fourth-order valence-corrected chi connectivity index (χ4v) is 3.71. The van der Waals surface area contributed by atoms with Crippen LogP contribution in [0.2, 0.25) is 0 Å². The van der Waals surface area contributed by atoms with Crippen LogP contribution in [0.15, 0.2) is 78.3 Å². The molecule has 0 aliphatic rings. The molecule has 2 amide bonds. The van der Waals surface area contributed by atoms with Crippen LogP contribution in [0.3, 0.4) is 0 Å². The average molecular weight is 387 g/mol. The number of fused-ring (bicyclic) bond motifs is 1. The predicted molar refractivity (Wildman–Crippen MR) is 112 cm³/mol. The number of rotatable bonds is 5. The first-order chi connectivity index (χ1) is 13.7. The van der Waals surface area contributed by atoms with Crippen molar-refractivity contribution in [1.82, 2.24) is 10.3 Å². The van der Waals surface area contributed by atoms with E-state index in [1.807, 2.05) is 54.6 Å². The lowest BCUT2D eigenvalue weighted by Crippen LogP contribution is -2.25. The quantitative estimate of drug-likeness (QED) is 0.530. The Bertz CT molecular complexity index is 1130. The molecule has 28 heavy (non-hydrogen) atoms. The van der Waals surface area contributed by atoms with Gasteiger partial charge >= 0.3 is 0 Å². The summed E-state index contributed by atoms with van der Waals surface area (Å²) < 4.78 is 0. The lowest BCUT2D eigenvalue weighted by atomic mass is 10.1. The minimum absolute atomic E-state index is 0.272. The van der Waals surface area contributed by atoms with Gasteiger partial charge in [0.15, 0.2) is 0 Å². The molecule has 0 radical (unpaired) electrons. The van der Waals surface area contributed by atoms with Crippen LogP contribution in [-0.2, 0) is 6.54 Å². The van der Waals surface area contributed by atoms with E-state index in [0.29, 0.717) is 28.2 Å². The first-order valence-corrected chi connectivity index (χ1v) is 9.65. The second kappa shape index (κ2) is 8.02. The number of para-hydroxylation sites is 1. The van der Waals surface area contributed by atoms with Crippen LogP contribution in [0.4, 0.5) is 5.69 Å². The van der Waals surface area contributed by atoms with Crippen LogP contribution in [-0.4, -0.2) is 16.8 Å². The van der Waals surface area contributed by atoms with Gasteiger partial charge in [0.2, 0.25) is 0 Å². The molecule has 2 heterocycles. The van der Waals surface area contributed by atoms with Crippen molar-refractivity contribution in [3.63, 3.8) is 0 Å². The number of amides is 2. The van der Waals surface area contributed by atoms with E-state index in [1.54, 1.807) is 23.7 Å². The topological polar surface area (TPSA) is 71.1 Å². The molecule has 0 saturated carbocycles. The van der Waals surface area contributed by atoms with Gasteiger partial charge in [0, 0.05) is 18.1 Å². The largest absolute Gasteiger partial charge is 0.348 e. The fraction of sp³-hybridized carbons (Fsp3) is 0.0455. The summed E-state index contributed by atoms with van der Waals surface area (Å²) in [6.45, 7) is 0.407. The van der Waals surface area contributed by atoms with Crippen LogP contribution in [0.25, 0.3) is 10.9 Å². The lowest BCUT2D eigenvalue weighted by Gasteiger charge is -2.09. The molecule has 0 aliphatic heterocycles. The summed E-state index contributed by atoms with van der Waals surface area (Å²) in [5.41, 5.74) is 2.70. The highest BCUT2D eigenvalue weighted by Crippen LogP contribution is 2.23. The molecule has 0 aliphatic carbocycles. The summed E-state index contributed by atoms with van der Waals surface area (Å²) in [6.07, 6.45) is 1.69. The van der Waals surface area contributed by atoms with Crippen LogP contribution < -0.4 is 10.6 Å². The Morgan fingerprint density at radius 3 is 2.57 bits per heavy atom. The van der Waals surface area contributed by atoms with E-state index in [2.05, 4.69) is 15.6 Å². The van der Waals surface area contributed by atoms with E-state index in [9.17, 15) is 9.59 Å². The van der Waals surface area contributed by atoms with Gasteiger partial charge in [0.25, 0.3) is 11.8 Å². The smallest absolute Gasteiger partial charge is 0.266 e. The van der Waals surface area contributed by atoms with Crippen molar-refractivity contribution in [3.05, 3.63) is 94.3 Å². The summed E-state index contributed by atoms with van der Waals surface area (Å²) in [5.74, 6) is -0.593. The number of anilines is 1. The SMILES string of the molecule is O=C(NCc1ccccc1)c1ccsc1C(=O)Nc1cccc2cccnc12. The number of nitrogens with zero attached hydrogens (tertiary/aromatic N) is 1. The van der Waals surface area contributed by atoms with Crippen molar-refractivity contribution < 1.29 is 9.59 Å². The molecule has 0 fully saturated rings. The van der Waals surface area contributed by atoms with Crippen molar-refractivity contribution in [2.75, 3.05) is 5.32 Å². The summed E-state index contributed by atoms with van der Waals surface area (Å²) >= 11 is 1.24. The number of nitrogens with one attached hydrogen (secondary N) is 2. The van der Waals surface area contributed by atoms with Crippen molar-refractivity contribution in [1.29, 1.82) is 0 Å². The van der Waals surface area contributed by atoms with Crippen molar-refractivity contribution in [2.45, 2.75) is 6.54 Å². The minimum Gasteiger partial charge on any atom is -0.348 e. The molecular weight excluding hydrogens is 370 g/mol. The zero-order valence-electron chi connectivity index (χ0n) is 14.9. The van der Waals surface area contributed by atoms with Crippen LogP contribution >= 0.6 is 11.3 Å². The van der Waals surface area contributed by atoms with E-state index in [1.165, 1.54) is 11.3 Å². The van der Waals surface area contributed by atoms with Gasteiger partial charge < -0.3 is 10.6 Å². The van der Waals surface area contributed by atoms with E-state index < -0.39 is 0 Å². The molecule has 0 unspecified atom stereocenters. The molecule has 138 valence electrons.